The molecule has 0 amide bonds. The second-order valence-electron chi connectivity index (χ2n) is 10.0. The standard InChI is InChI=1S/C28H42F2/c1-2-3-4-5-6-7-8-22-9-13-24(14-10-22)26-17-19-27(20-18-26)25-15-11-23(12-16-25)21-28(29)30/h11-12,15-16,21-22,24,26-27H,2-10,13-14,17-20H2,1H3/t22-,24-,26-,27-. The van der Waals surface area contributed by atoms with E-state index in [1.54, 1.807) is 0 Å². The molecule has 2 heteroatoms. The molecule has 2 saturated carbocycles. The van der Waals surface area contributed by atoms with Crippen LogP contribution in [-0.4, -0.2) is 0 Å². The Morgan fingerprint density at radius 3 is 1.93 bits per heavy atom. The van der Waals surface area contributed by atoms with Gasteiger partial charge in [0.25, 0.3) is 6.08 Å². The summed E-state index contributed by atoms with van der Waals surface area (Å²) >= 11 is 0. The minimum Gasteiger partial charge on any atom is -0.173 e. The highest BCUT2D eigenvalue weighted by Crippen LogP contribution is 2.44. The van der Waals surface area contributed by atoms with E-state index in [0.717, 1.165) is 23.8 Å². The molecule has 1 aromatic rings. The number of rotatable bonds is 10. The maximum atomic E-state index is 12.4. The molecule has 0 nitrogen and oxygen atoms in total. The van der Waals surface area contributed by atoms with Crippen molar-refractivity contribution >= 4 is 6.08 Å². The van der Waals surface area contributed by atoms with E-state index < -0.39 is 6.08 Å². The topological polar surface area (TPSA) is 0 Å². The van der Waals surface area contributed by atoms with Crippen molar-refractivity contribution in [1.82, 2.24) is 0 Å². The SMILES string of the molecule is CCCCCCCC[C@H]1CC[C@H]([C@H]2CC[C@H](c3ccc(C=C(F)F)cc3)CC2)CC1. The van der Waals surface area contributed by atoms with Crippen LogP contribution < -0.4 is 0 Å². The van der Waals surface area contributed by atoms with Crippen LogP contribution in [0.15, 0.2) is 30.3 Å². The van der Waals surface area contributed by atoms with Gasteiger partial charge in [0.05, 0.1) is 0 Å². The minimum absolute atomic E-state index is 0.602. The van der Waals surface area contributed by atoms with Gasteiger partial charge in [-0.2, -0.15) is 8.78 Å². The molecule has 0 radical (unpaired) electrons. The molecule has 3 rings (SSSR count). The fourth-order valence-corrected chi connectivity index (χ4v) is 6.08. The normalized spacial score (nSPS) is 27.0. The summed E-state index contributed by atoms with van der Waals surface area (Å²) in [5, 5.41) is 0. The van der Waals surface area contributed by atoms with Gasteiger partial charge in [-0.15, -0.1) is 0 Å². The van der Waals surface area contributed by atoms with E-state index in [1.165, 1.54) is 102 Å². The van der Waals surface area contributed by atoms with E-state index in [9.17, 15) is 8.78 Å². The Morgan fingerprint density at radius 2 is 1.33 bits per heavy atom. The third-order valence-corrected chi connectivity index (χ3v) is 7.98. The fraction of sp³-hybridized carbons (Fsp3) is 0.714. The maximum absolute atomic E-state index is 12.4. The molecule has 0 saturated heterocycles. The molecular weight excluding hydrogens is 374 g/mol. The number of hydrogen-bond donors (Lipinski definition) is 0. The van der Waals surface area contributed by atoms with Gasteiger partial charge in [-0.1, -0.05) is 89.0 Å². The summed E-state index contributed by atoms with van der Waals surface area (Å²) in [6, 6.07) is 7.80. The van der Waals surface area contributed by atoms with E-state index in [2.05, 4.69) is 19.1 Å². The quantitative estimate of drug-likeness (QED) is 0.333. The molecule has 2 aliphatic rings. The van der Waals surface area contributed by atoms with Crippen molar-refractivity contribution in [3.8, 4) is 0 Å². The van der Waals surface area contributed by atoms with E-state index in [4.69, 9.17) is 0 Å². The summed E-state index contributed by atoms with van der Waals surface area (Å²) in [6.45, 7) is 2.29. The minimum atomic E-state index is -1.62. The van der Waals surface area contributed by atoms with Crippen LogP contribution in [0.2, 0.25) is 0 Å². The largest absolute Gasteiger partial charge is 0.270 e. The summed E-state index contributed by atoms with van der Waals surface area (Å²) in [7, 11) is 0. The van der Waals surface area contributed by atoms with Crippen molar-refractivity contribution in [3.05, 3.63) is 41.5 Å². The van der Waals surface area contributed by atoms with Crippen LogP contribution in [0.1, 0.15) is 120 Å². The number of halogens is 2. The predicted octanol–water partition coefficient (Wildman–Crippen LogP) is 9.75. The molecule has 30 heavy (non-hydrogen) atoms. The Bertz CT molecular complexity index is 613. The lowest BCUT2D eigenvalue weighted by atomic mass is 9.68. The Morgan fingerprint density at radius 1 is 0.767 bits per heavy atom. The Hall–Kier alpha value is -1.18. The number of unbranched alkanes of at least 4 members (excludes halogenated alkanes) is 5. The lowest BCUT2D eigenvalue weighted by Gasteiger charge is -2.38. The Kier molecular flexibility index (Phi) is 9.88. The van der Waals surface area contributed by atoms with E-state index in [0.29, 0.717) is 11.5 Å². The zero-order valence-corrected chi connectivity index (χ0v) is 19.1. The highest BCUT2D eigenvalue weighted by atomic mass is 19.3. The second-order valence-corrected chi connectivity index (χ2v) is 10.0. The van der Waals surface area contributed by atoms with Crippen LogP contribution in [-0.2, 0) is 0 Å². The fourth-order valence-electron chi connectivity index (χ4n) is 6.08. The van der Waals surface area contributed by atoms with Crippen molar-refractivity contribution in [2.24, 2.45) is 17.8 Å². The number of hydrogen-bond acceptors (Lipinski definition) is 0. The van der Waals surface area contributed by atoms with Crippen LogP contribution in [0.25, 0.3) is 6.08 Å². The van der Waals surface area contributed by atoms with Crippen molar-refractivity contribution in [1.29, 1.82) is 0 Å². The molecular formula is C28H42F2. The van der Waals surface area contributed by atoms with Gasteiger partial charge in [-0.25, -0.2) is 0 Å². The molecule has 0 heterocycles. The zero-order chi connectivity index (χ0) is 21.2. The lowest BCUT2D eigenvalue weighted by molar-refractivity contribution is 0.155. The zero-order valence-electron chi connectivity index (χ0n) is 19.1. The van der Waals surface area contributed by atoms with Crippen LogP contribution in [0.3, 0.4) is 0 Å². The predicted molar refractivity (Wildman–Crippen MR) is 125 cm³/mol. The van der Waals surface area contributed by atoms with Gasteiger partial charge in [0.2, 0.25) is 0 Å². The van der Waals surface area contributed by atoms with Gasteiger partial charge >= 0.3 is 0 Å². The summed E-state index contributed by atoms with van der Waals surface area (Å²) in [4.78, 5) is 0. The average molecular weight is 417 g/mol. The molecule has 0 aromatic heterocycles. The van der Waals surface area contributed by atoms with E-state index in [1.807, 2.05) is 12.1 Å². The first-order valence-electron chi connectivity index (χ1n) is 12.8. The number of benzene rings is 1. The monoisotopic (exact) mass is 416 g/mol. The third kappa shape index (κ3) is 7.50. The maximum Gasteiger partial charge on any atom is 0.270 e. The molecule has 0 N–H and O–H groups in total. The van der Waals surface area contributed by atoms with Gasteiger partial charge in [0.1, 0.15) is 0 Å². The Labute approximate surface area is 183 Å². The van der Waals surface area contributed by atoms with Gasteiger partial charge in [-0.3, -0.25) is 0 Å². The van der Waals surface area contributed by atoms with Crippen LogP contribution >= 0.6 is 0 Å². The van der Waals surface area contributed by atoms with Crippen molar-refractivity contribution < 1.29 is 8.78 Å². The first-order chi connectivity index (χ1) is 14.7. The van der Waals surface area contributed by atoms with Crippen molar-refractivity contribution in [3.63, 3.8) is 0 Å². The smallest absolute Gasteiger partial charge is 0.173 e. The molecule has 0 unspecified atom stereocenters. The highest BCUT2D eigenvalue weighted by molar-refractivity contribution is 5.50. The van der Waals surface area contributed by atoms with Gasteiger partial charge in [-0.05, 0) is 73.3 Å². The van der Waals surface area contributed by atoms with Crippen LogP contribution in [0, 0.1) is 17.8 Å². The van der Waals surface area contributed by atoms with Crippen molar-refractivity contribution in [2.75, 3.05) is 0 Å². The Balaban J connectivity index is 1.33. The first kappa shape index (κ1) is 23.5. The summed E-state index contributed by atoms with van der Waals surface area (Å²) in [5.41, 5.74) is 1.94. The summed E-state index contributed by atoms with van der Waals surface area (Å²) < 4.78 is 24.8. The highest BCUT2D eigenvalue weighted by Gasteiger charge is 2.31. The third-order valence-electron chi connectivity index (χ3n) is 7.98. The summed E-state index contributed by atoms with van der Waals surface area (Å²) in [5.74, 6) is 3.52. The molecule has 2 aliphatic carbocycles. The first-order valence-corrected chi connectivity index (χ1v) is 12.8. The van der Waals surface area contributed by atoms with Gasteiger partial charge < -0.3 is 0 Å². The van der Waals surface area contributed by atoms with E-state index >= 15 is 0 Å². The molecule has 0 spiro atoms. The molecule has 1 aromatic carbocycles. The second kappa shape index (κ2) is 12.6. The van der Waals surface area contributed by atoms with Crippen LogP contribution in [0.4, 0.5) is 8.78 Å². The molecule has 0 atom stereocenters. The molecule has 168 valence electrons. The van der Waals surface area contributed by atoms with Gasteiger partial charge in [0, 0.05) is 6.08 Å². The lowest BCUT2D eigenvalue weighted by Crippen LogP contribution is -2.25. The molecule has 0 bridgehead atoms. The van der Waals surface area contributed by atoms with Crippen LogP contribution in [0.5, 0.6) is 0 Å². The molecule has 2 fully saturated rings. The summed E-state index contributed by atoms with van der Waals surface area (Å²) in [6.07, 6.45) is 20.5. The molecule has 0 aliphatic heterocycles. The van der Waals surface area contributed by atoms with E-state index in [-0.39, 0.29) is 0 Å². The van der Waals surface area contributed by atoms with Gasteiger partial charge in [0.15, 0.2) is 0 Å². The van der Waals surface area contributed by atoms with Crippen molar-refractivity contribution in [2.45, 2.75) is 109 Å². The average Bonchev–Trinajstić information content (AvgIpc) is 2.77.